The molecule has 0 atom stereocenters. The summed E-state index contributed by atoms with van der Waals surface area (Å²) in [5, 5.41) is 4.55. The molecule has 0 saturated heterocycles. The number of anilines is 2. The third-order valence-electron chi connectivity index (χ3n) is 3.54. The van der Waals surface area contributed by atoms with Gasteiger partial charge in [0, 0.05) is 16.6 Å². The molecule has 24 heavy (non-hydrogen) atoms. The van der Waals surface area contributed by atoms with Crippen LogP contribution in [-0.2, 0) is 4.79 Å². The van der Waals surface area contributed by atoms with Gasteiger partial charge in [-0.25, -0.2) is 9.97 Å². The lowest BCUT2D eigenvalue weighted by atomic mass is 10.0. The van der Waals surface area contributed by atoms with Gasteiger partial charge in [0.1, 0.15) is 5.69 Å². The Hall–Kier alpha value is -3.54. The third-order valence-corrected chi connectivity index (χ3v) is 3.54. The van der Waals surface area contributed by atoms with Crippen molar-refractivity contribution in [2.24, 2.45) is 0 Å². The van der Waals surface area contributed by atoms with Gasteiger partial charge in [-0.1, -0.05) is 30.8 Å². The summed E-state index contributed by atoms with van der Waals surface area (Å²) in [6.45, 7) is 3.45. The predicted molar refractivity (Wildman–Crippen MR) is 93.6 cm³/mol. The Labute approximate surface area is 138 Å². The fourth-order valence-electron chi connectivity index (χ4n) is 2.34. The second-order valence-electron chi connectivity index (χ2n) is 5.09. The van der Waals surface area contributed by atoms with Gasteiger partial charge < -0.3 is 11.1 Å². The maximum atomic E-state index is 11.6. The second kappa shape index (κ2) is 6.29. The number of amides is 1. The van der Waals surface area contributed by atoms with Gasteiger partial charge >= 0.3 is 0 Å². The van der Waals surface area contributed by atoms with Crippen LogP contribution in [0.3, 0.4) is 0 Å². The lowest BCUT2D eigenvalue weighted by Crippen LogP contribution is -2.07. The summed E-state index contributed by atoms with van der Waals surface area (Å²) in [5.74, 6) is 0.0953. The maximum Gasteiger partial charge on any atom is 0.247 e. The molecule has 0 aliphatic carbocycles. The highest BCUT2D eigenvalue weighted by molar-refractivity contribution is 6.06. The van der Waals surface area contributed by atoms with Gasteiger partial charge in [-0.15, -0.1) is 0 Å². The first-order chi connectivity index (χ1) is 11.6. The smallest absolute Gasteiger partial charge is 0.247 e. The van der Waals surface area contributed by atoms with Crippen LogP contribution in [0.25, 0.3) is 22.2 Å². The molecule has 0 aliphatic rings. The van der Waals surface area contributed by atoms with Crippen LogP contribution < -0.4 is 11.1 Å². The molecule has 1 heterocycles. The van der Waals surface area contributed by atoms with Crippen molar-refractivity contribution >= 4 is 34.3 Å². The number of nitrogen functional groups attached to an aromatic ring is 1. The number of rotatable bonds is 4. The molecule has 0 saturated carbocycles. The van der Waals surface area contributed by atoms with Crippen LogP contribution in [0, 0.1) is 0 Å². The first-order valence-corrected chi connectivity index (χ1v) is 7.16. The Balaban J connectivity index is 2.13. The fraction of sp³-hybridized carbons (Fsp3) is 0. The summed E-state index contributed by atoms with van der Waals surface area (Å²) in [6.07, 6.45) is 3.21. The predicted octanol–water partition coefficient (Wildman–Crippen LogP) is 2.82. The summed E-state index contributed by atoms with van der Waals surface area (Å²) in [7, 11) is 0. The van der Waals surface area contributed by atoms with E-state index in [1.807, 2.05) is 30.3 Å². The molecule has 0 bridgehead atoms. The van der Waals surface area contributed by atoms with E-state index in [4.69, 9.17) is 5.73 Å². The van der Waals surface area contributed by atoms with Crippen LogP contribution in [0.1, 0.15) is 10.5 Å². The summed E-state index contributed by atoms with van der Waals surface area (Å²) in [5.41, 5.74) is 7.40. The number of aldehydes is 1. The Bertz CT molecular complexity index is 966. The SMILES string of the molecule is C=CC(=O)Nc1cccc2ccc(-c3ncc(N)c(C=O)n3)cc12. The van der Waals surface area contributed by atoms with E-state index >= 15 is 0 Å². The minimum Gasteiger partial charge on any atom is -0.396 e. The number of carbonyl (C=O) groups is 2. The van der Waals surface area contributed by atoms with Crippen LogP contribution in [-0.4, -0.2) is 22.2 Å². The number of aromatic nitrogens is 2. The van der Waals surface area contributed by atoms with Crippen molar-refractivity contribution in [1.82, 2.24) is 9.97 Å². The molecule has 0 unspecified atom stereocenters. The quantitative estimate of drug-likeness (QED) is 0.569. The van der Waals surface area contributed by atoms with Crippen LogP contribution in [0.2, 0.25) is 0 Å². The zero-order chi connectivity index (χ0) is 17.1. The molecule has 0 fully saturated rings. The topological polar surface area (TPSA) is 98.0 Å². The lowest BCUT2D eigenvalue weighted by molar-refractivity contribution is -0.111. The average Bonchev–Trinajstić information content (AvgIpc) is 2.62. The minimum absolute atomic E-state index is 0.147. The van der Waals surface area contributed by atoms with Gasteiger partial charge in [0.15, 0.2) is 12.1 Å². The van der Waals surface area contributed by atoms with E-state index < -0.39 is 0 Å². The van der Waals surface area contributed by atoms with Crippen molar-refractivity contribution in [1.29, 1.82) is 0 Å². The summed E-state index contributed by atoms with van der Waals surface area (Å²) >= 11 is 0. The molecular weight excluding hydrogens is 304 g/mol. The van der Waals surface area contributed by atoms with Gasteiger partial charge in [-0.2, -0.15) is 0 Å². The molecule has 2 aromatic carbocycles. The van der Waals surface area contributed by atoms with Gasteiger partial charge in [0.25, 0.3) is 0 Å². The van der Waals surface area contributed by atoms with E-state index in [2.05, 4.69) is 21.9 Å². The number of nitrogens with zero attached hydrogens (tertiary/aromatic N) is 2. The Morgan fingerprint density at radius 3 is 2.83 bits per heavy atom. The largest absolute Gasteiger partial charge is 0.396 e. The molecule has 6 heteroatoms. The Morgan fingerprint density at radius 2 is 2.08 bits per heavy atom. The van der Waals surface area contributed by atoms with Crippen molar-refractivity contribution in [2.45, 2.75) is 0 Å². The van der Waals surface area contributed by atoms with Crippen molar-refractivity contribution in [2.75, 3.05) is 11.1 Å². The van der Waals surface area contributed by atoms with E-state index in [-0.39, 0.29) is 17.3 Å². The van der Waals surface area contributed by atoms with Crippen molar-refractivity contribution in [3.05, 3.63) is 60.9 Å². The molecule has 0 radical (unpaired) electrons. The number of hydrogen-bond donors (Lipinski definition) is 2. The number of hydrogen-bond acceptors (Lipinski definition) is 5. The summed E-state index contributed by atoms with van der Waals surface area (Å²) < 4.78 is 0. The Morgan fingerprint density at radius 1 is 1.25 bits per heavy atom. The molecule has 0 aliphatic heterocycles. The van der Waals surface area contributed by atoms with Crippen LogP contribution >= 0.6 is 0 Å². The molecule has 1 amide bonds. The molecule has 3 N–H and O–H groups in total. The molecular formula is C18H14N4O2. The summed E-state index contributed by atoms with van der Waals surface area (Å²) in [4.78, 5) is 30.9. The highest BCUT2D eigenvalue weighted by Gasteiger charge is 2.09. The Kier molecular flexibility index (Phi) is 4.03. The van der Waals surface area contributed by atoms with Gasteiger partial charge in [-0.3, -0.25) is 9.59 Å². The molecule has 6 nitrogen and oxygen atoms in total. The van der Waals surface area contributed by atoms with Crippen LogP contribution in [0.5, 0.6) is 0 Å². The van der Waals surface area contributed by atoms with E-state index in [0.29, 0.717) is 23.4 Å². The normalized spacial score (nSPS) is 10.3. The zero-order valence-electron chi connectivity index (χ0n) is 12.7. The van der Waals surface area contributed by atoms with Gasteiger partial charge in [-0.05, 0) is 23.6 Å². The van der Waals surface area contributed by atoms with Crippen LogP contribution in [0.4, 0.5) is 11.4 Å². The first-order valence-electron chi connectivity index (χ1n) is 7.16. The van der Waals surface area contributed by atoms with E-state index in [1.165, 1.54) is 12.3 Å². The average molecular weight is 318 g/mol. The van der Waals surface area contributed by atoms with Gasteiger partial charge in [0.2, 0.25) is 5.91 Å². The third kappa shape index (κ3) is 2.85. The van der Waals surface area contributed by atoms with Crippen LogP contribution in [0.15, 0.2) is 55.3 Å². The molecule has 3 aromatic rings. The molecule has 1 aromatic heterocycles. The number of nitrogens with one attached hydrogen (secondary N) is 1. The van der Waals surface area contributed by atoms with Crippen molar-refractivity contribution < 1.29 is 9.59 Å². The van der Waals surface area contributed by atoms with E-state index in [0.717, 1.165) is 10.8 Å². The number of carbonyl (C=O) groups excluding carboxylic acids is 2. The monoisotopic (exact) mass is 318 g/mol. The maximum absolute atomic E-state index is 11.6. The molecule has 3 rings (SSSR count). The standard InChI is InChI=1S/C18H14N4O2/c1-2-17(24)21-15-5-3-4-11-6-7-12(8-13(11)15)18-20-9-14(19)16(10-23)22-18/h2-10H,1,19H2,(H,21,24). The minimum atomic E-state index is -0.292. The lowest BCUT2D eigenvalue weighted by Gasteiger charge is -2.09. The van der Waals surface area contributed by atoms with Crippen molar-refractivity contribution in [3.8, 4) is 11.4 Å². The molecule has 118 valence electrons. The second-order valence-corrected chi connectivity index (χ2v) is 5.09. The molecule has 0 spiro atoms. The fourth-order valence-corrected chi connectivity index (χ4v) is 2.34. The van der Waals surface area contributed by atoms with Crippen molar-refractivity contribution in [3.63, 3.8) is 0 Å². The summed E-state index contributed by atoms with van der Waals surface area (Å²) in [6, 6.07) is 11.2. The van der Waals surface area contributed by atoms with Gasteiger partial charge in [0.05, 0.1) is 11.9 Å². The highest BCUT2D eigenvalue weighted by atomic mass is 16.1. The van der Waals surface area contributed by atoms with E-state index in [9.17, 15) is 9.59 Å². The zero-order valence-corrected chi connectivity index (χ0v) is 12.7. The number of benzene rings is 2. The number of fused-ring (bicyclic) bond motifs is 1. The highest BCUT2D eigenvalue weighted by Crippen LogP contribution is 2.28. The van der Waals surface area contributed by atoms with E-state index in [1.54, 1.807) is 6.07 Å². The first kappa shape index (κ1) is 15.4. The number of nitrogens with two attached hydrogens (primary N) is 1.